The predicted molar refractivity (Wildman–Crippen MR) is 212 cm³/mol. The number of aromatic nitrogens is 4. The van der Waals surface area contributed by atoms with Crippen molar-refractivity contribution in [1.82, 2.24) is 18.1 Å². The Hall–Kier alpha value is -5.44. The van der Waals surface area contributed by atoms with Crippen LogP contribution >= 0.6 is 11.3 Å². The second-order valence-corrected chi connectivity index (χ2v) is 18.6. The topological polar surface area (TPSA) is 48.8 Å². The first kappa shape index (κ1) is 31.3. The van der Waals surface area contributed by atoms with Crippen molar-refractivity contribution in [1.29, 1.82) is 0 Å². The van der Waals surface area contributed by atoms with Gasteiger partial charge in [-0.05, 0) is 0 Å². The number of nitrogens with zero attached hydrogens (tertiary/aromatic N) is 4. The van der Waals surface area contributed by atoms with Crippen LogP contribution in [0.5, 0.6) is 0 Å². The molecule has 246 valence electrons. The van der Waals surface area contributed by atoms with E-state index in [0.717, 1.165) is 55.5 Å². The summed E-state index contributed by atoms with van der Waals surface area (Å²) in [6.45, 7) is 0. The van der Waals surface area contributed by atoms with Crippen LogP contribution < -0.4 is 8.79 Å². The maximum atomic E-state index is 6.18. The van der Waals surface area contributed by atoms with Gasteiger partial charge in [0.2, 0.25) is 0 Å². The molecule has 0 saturated heterocycles. The van der Waals surface area contributed by atoms with Gasteiger partial charge in [0, 0.05) is 17.1 Å². The third-order valence-corrected chi connectivity index (χ3v) is 16.6. The molecule has 6 heterocycles. The van der Waals surface area contributed by atoms with Crippen LogP contribution in [-0.2, 0) is 17.1 Å². The summed E-state index contributed by atoms with van der Waals surface area (Å²) in [5.41, 5.74) is 9.66. The van der Waals surface area contributed by atoms with Crippen molar-refractivity contribution in [2.45, 2.75) is 0 Å². The SMILES string of the molecule is [Mn].[c-]1ccccc1-c1ccc2occ(-n3c4ccccc4c4cc5sc6c7ccccc7[n]([Ge]([c]7ccccc7)[c]7ccccc7)c6c5nc43)c2n1. The van der Waals surface area contributed by atoms with E-state index in [0.29, 0.717) is 0 Å². The molecule has 0 spiro atoms. The summed E-state index contributed by atoms with van der Waals surface area (Å²) in [6, 6.07) is 57.2. The van der Waals surface area contributed by atoms with Gasteiger partial charge in [0.05, 0.1) is 0 Å². The summed E-state index contributed by atoms with van der Waals surface area (Å²) < 4.78 is 16.3. The molecule has 0 atom stereocenters. The number of fused-ring (bicyclic) bond motifs is 9. The zero-order valence-electron chi connectivity index (χ0n) is 27.5. The number of thiophene rings is 1. The summed E-state index contributed by atoms with van der Waals surface area (Å²) >= 11 is -0.547. The summed E-state index contributed by atoms with van der Waals surface area (Å²) in [4.78, 5) is 10.8. The van der Waals surface area contributed by atoms with Gasteiger partial charge in [-0.1, -0.05) is 0 Å². The van der Waals surface area contributed by atoms with Crippen LogP contribution in [0.4, 0.5) is 0 Å². The van der Waals surface area contributed by atoms with Crippen molar-refractivity contribution in [3.05, 3.63) is 164 Å². The zero-order chi connectivity index (χ0) is 33.5. The monoisotopic (exact) mass is 787 g/mol. The maximum absolute atomic E-state index is 6.18. The molecule has 8 heteroatoms. The summed E-state index contributed by atoms with van der Waals surface area (Å²) in [6.07, 6.45) is 1.82. The second-order valence-electron chi connectivity index (χ2n) is 12.7. The van der Waals surface area contributed by atoms with E-state index in [1.54, 1.807) is 0 Å². The number of benzene rings is 5. The molecule has 52 heavy (non-hydrogen) atoms. The van der Waals surface area contributed by atoms with Crippen molar-refractivity contribution in [3.63, 3.8) is 0 Å². The Labute approximate surface area is 317 Å². The van der Waals surface area contributed by atoms with E-state index in [-0.39, 0.29) is 17.1 Å². The molecule has 0 aliphatic carbocycles. The van der Waals surface area contributed by atoms with E-state index in [4.69, 9.17) is 14.4 Å². The van der Waals surface area contributed by atoms with E-state index in [1.807, 2.05) is 54.0 Å². The van der Waals surface area contributed by atoms with E-state index >= 15 is 0 Å². The zero-order valence-corrected chi connectivity index (χ0v) is 31.6. The normalized spacial score (nSPS) is 11.9. The molecule has 0 fully saturated rings. The number of pyridine rings is 2. The number of hydrogen-bond donors (Lipinski definition) is 0. The number of rotatable bonds is 5. The van der Waals surface area contributed by atoms with E-state index in [2.05, 4.69) is 129 Å². The van der Waals surface area contributed by atoms with Crippen molar-refractivity contribution in [2.24, 2.45) is 0 Å². The molecule has 11 aromatic rings. The van der Waals surface area contributed by atoms with Crippen LogP contribution in [-0.4, -0.2) is 32.6 Å². The Morgan fingerprint density at radius 2 is 1.33 bits per heavy atom. The van der Waals surface area contributed by atoms with Gasteiger partial charge in [-0.3, -0.25) is 0 Å². The van der Waals surface area contributed by atoms with Crippen molar-refractivity contribution in [3.8, 4) is 16.9 Å². The predicted octanol–water partition coefficient (Wildman–Crippen LogP) is 9.76. The Morgan fingerprint density at radius 1 is 0.635 bits per heavy atom. The van der Waals surface area contributed by atoms with Gasteiger partial charge < -0.3 is 0 Å². The van der Waals surface area contributed by atoms with Gasteiger partial charge in [-0.15, -0.1) is 18.2 Å². The van der Waals surface area contributed by atoms with Crippen LogP contribution in [0.25, 0.3) is 81.3 Å². The molecule has 0 N–H and O–H groups in total. The Morgan fingerprint density at radius 3 is 2.08 bits per heavy atom. The molecular weight excluding hydrogens is 760 g/mol. The van der Waals surface area contributed by atoms with E-state index in [9.17, 15) is 0 Å². The third-order valence-electron chi connectivity index (χ3n) is 9.82. The molecule has 11 rings (SSSR count). The van der Waals surface area contributed by atoms with Crippen LogP contribution in [0.3, 0.4) is 0 Å². The molecule has 0 saturated carbocycles. The number of hydrogen-bond acceptors (Lipinski definition) is 4. The van der Waals surface area contributed by atoms with Gasteiger partial charge in [0.1, 0.15) is 0 Å². The molecule has 0 aliphatic heterocycles. The molecule has 0 unspecified atom stereocenters. The number of furan rings is 1. The van der Waals surface area contributed by atoms with E-state index < -0.39 is 14.6 Å². The van der Waals surface area contributed by atoms with Gasteiger partial charge in [0.15, 0.2) is 0 Å². The summed E-state index contributed by atoms with van der Waals surface area (Å²) in [5.74, 6) is 0. The van der Waals surface area contributed by atoms with Crippen LogP contribution in [0.15, 0.2) is 162 Å². The first-order valence-electron chi connectivity index (χ1n) is 16.9. The molecule has 0 bridgehead atoms. The first-order valence-corrected chi connectivity index (χ1v) is 20.8. The fraction of sp³-hybridized carbons (Fsp3) is 0. The number of para-hydroxylation sites is 2. The van der Waals surface area contributed by atoms with Gasteiger partial charge in [-0.25, -0.2) is 0 Å². The van der Waals surface area contributed by atoms with Crippen LogP contribution in [0, 0.1) is 6.07 Å². The minimum absolute atomic E-state index is 0. The van der Waals surface area contributed by atoms with Crippen molar-refractivity contribution in [2.75, 3.05) is 0 Å². The Kier molecular flexibility index (Phi) is 7.44. The first-order chi connectivity index (χ1) is 25.3. The molecule has 5 aromatic carbocycles. The second kappa shape index (κ2) is 12.4. The summed E-state index contributed by atoms with van der Waals surface area (Å²) in [7, 11) is 0. The van der Waals surface area contributed by atoms with Gasteiger partial charge in [0.25, 0.3) is 0 Å². The molecule has 6 aromatic heterocycles. The van der Waals surface area contributed by atoms with Crippen LogP contribution in [0.1, 0.15) is 0 Å². The molecule has 5 nitrogen and oxygen atoms in total. The third kappa shape index (κ3) is 4.67. The molecule has 2 radical (unpaired) electrons. The van der Waals surface area contributed by atoms with E-state index in [1.165, 1.54) is 34.6 Å². The molecule has 0 amide bonds. The average Bonchev–Trinajstić information content (AvgIpc) is 3.94. The minimum atomic E-state index is -2.40. The van der Waals surface area contributed by atoms with Gasteiger partial charge >= 0.3 is 284 Å². The molecular formula is C44H26GeMnN4OS-. The fourth-order valence-electron chi connectivity index (χ4n) is 7.60. The van der Waals surface area contributed by atoms with Crippen molar-refractivity contribution < 1.29 is 21.5 Å². The molecule has 0 aliphatic rings. The van der Waals surface area contributed by atoms with Crippen molar-refractivity contribution >= 4 is 99.1 Å². The fourth-order valence-corrected chi connectivity index (χ4v) is 14.7. The van der Waals surface area contributed by atoms with Gasteiger partial charge in [-0.2, -0.15) is 0 Å². The Balaban J connectivity index is 0.00000338. The quantitative estimate of drug-likeness (QED) is 0.129. The average molecular weight is 786 g/mol. The Bertz CT molecular complexity index is 3060. The standard InChI is InChI=1S/C44H26GeN4OS.Mn/c1-4-14-28(15-5-1)34-24-25-38-40(46-34)37(27-50-38)48-35-22-12-10-20-31(35)33-26-39-41(47-44(33)48)42-43(51-39)32-21-11-13-23-36(32)49(42)45(29-16-6-2-7-17-29)30-18-8-3-9-19-30;/h1-14,16-27H;/q-1;. The van der Waals surface area contributed by atoms with Crippen LogP contribution in [0.2, 0.25) is 0 Å². The summed E-state index contributed by atoms with van der Waals surface area (Å²) in [5, 5.41) is 3.54.